The van der Waals surface area contributed by atoms with E-state index in [2.05, 4.69) is 22.0 Å². The van der Waals surface area contributed by atoms with E-state index < -0.39 is 5.91 Å². The van der Waals surface area contributed by atoms with Crippen molar-refractivity contribution in [3.05, 3.63) is 67.5 Å². The molecule has 1 saturated heterocycles. The van der Waals surface area contributed by atoms with Gasteiger partial charge in [-0.1, -0.05) is 29.8 Å². The van der Waals surface area contributed by atoms with Crippen LogP contribution in [-0.2, 0) is 11.3 Å². The van der Waals surface area contributed by atoms with Crippen molar-refractivity contribution in [1.82, 2.24) is 4.90 Å². The highest BCUT2D eigenvalue weighted by molar-refractivity contribution is 9.10. The number of amides is 2. The van der Waals surface area contributed by atoms with E-state index in [1.165, 1.54) is 7.11 Å². The quantitative estimate of drug-likeness (QED) is 0.581. The molecule has 1 aliphatic rings. The number of rotatable bonds is 4. The maximum atomic E-state index is 12.7. The monoisotopic (exact) mass is 462 g/mol. The Labute approximate surface area is 173 Å². The Morgan fingerprint density at radius 1 is 1.33 bits per heavy atom. The molecule has 5 nitrogen and oxygen atoms in total. The molecule has 0 bridgehead atoms. The summed E-state index contributed by atoms with van der Waals surface area (Å²) in [5, 5.41) is 9.20. The molecular weight excluding hydrogens is 452 g/mol. The van der Waals surface area contributed by atoms with Gasteiger partial charge in [0, 0.05) is 0 Å². The average molecular weight is 464 g/mol. The van der Waals surface area contributed by atoms with Gasteiger partial charge in [0.15, 0.2) is 5.75 Å². The molecular formula is C19H12BrClN2O3S. The predicted octanol–water partition coefficient (Wildman–Crippen LogP) is 5.22. The fraction of sp³-hybridized carbons (Fsp3) is 0.105. The van der Waals surface area contributed by atoms with E-state index in [4.69, 9.17) is 16.3 Å². The summed E-state index contributed by atoms with van der Waals surface area (Å²) in [5.41, 5.74) is 1.72. The number of thioether (sulfide) groups is 1. The summed E-state index contributed by atoms with van der Waals surface area (Å²) in [6.45, 7) is 0.0544. The van der Waals surface area contributed by atoms with Gasteiger partial charge in [-0.15, -0.1) is 0 Å². The molecule has 136 valence electrons. The number of nitrogens with zero attached hydrogens (tertiary/aromatic N) is 2. The summed E-state index contributed by atoms with van der Waals surface area (Å²) in [6, 6.07) is 12.4. The second kappa shape index (κ2) is 8.17. The van der Waals surface area contributed by atoms with Crippen molar-refractivity contribution in [3.8, 4) is 11.8 Å². The number of nitriles is 1. The Balaban J connectivity index is 1.88. The van der Waals surface area contributed by atoms with Crippen LogP contribution in [0, 0.1) is 11.3 Å². The average Bonchev–Trinajstić information content (AvgIpc) is 2.89. The van der Waals surface area contributed by atoms with Crippen molar-refractivity contribution < 1.29 is 14.3 Å². The van der Waals surface area contributed by atoms with Gasteiger partial charge in [0.05, 0.1) is 39.7 Å². The van der Waals surface area contributed by atoms with E-state index in [0.29, 0.717) is 36.8 Å². The lowest BCUT2D eigenvalue weighted by molar-refractivity contribution is -0.123. The van der Waals surface area contributed by atoms with Crippen molar-refractivity contribution >= 4 is 56.5 Å². The summed E-state index contributed by atoms with van der Waals surface area (Å²) in [5.74, 6) is 0.0934. The number of benzene rings is 2. The molecule has 0 saturated carbocycles. The first kappa shape index (κ1) is 19.5. The Bertz CT molecular complexity index is 993. The molecule has 0 atom stereocenters. The number of carbonyl (C=O) groups excluding carboxylic acids is 2. The zero-order valence-electron chi connectivity index (χ0n) is 14.0. The summed E-state index contributed by atoms with van der Waals surface area (Å²) in [7, 11) is 1.51. The minimum absolute atomic E-state index is 0.0544. The molecule has 0 aliphatic carbocycles. The molecule has 0 unspecified atom stereocenters. The minimum atomic E-state index is -0.402. The molecule has 0 radical (unpaired) electrons. The number of carbonyl (C=O) groups is 2. The summed E-state index contributed by atoms with van der Waals surface area (Å²) in [6.07, 6.45) is 1.61. The zero-order valence-corrected chi connectivity index (χ0v) is 17.2. The molecule has 2 amide bonds. The molecule has 1 fully saturated rings. The summed E-state index contributed by atoms with van der Waals surface area (Å²) in [4.78, 5) is 26.4. The SMILES string of the molecule is COc1c(Cl)cc(/C=C2/SC(=O)N(Cc3ccccc3C#N)C2=O)cc1Br. The normalized spacial score (nSPS) is 15.3. The van der Waals surface area contributed by atoms with Crippen LogP contribution in [0.1, 0.15) is 16.7 Å². The van der Waals surface area contributed by atoms with E-state index >= 15 is 0 Å². The zero-order chi connectivity index (χ0) is 19.6. The molecule has 1 heterocycles. The van der Waals surface area contributed by atoms with Crippen molar-refractivity contribution in [2.45, 2.75) is 6.54 Å². The molecule has 1 aliphatic heterocycles. The van der Waals surface area contributed by atoms with E-state index in [1.807, 2.05) is 0 Å². The third kappa shape index (κ3) is 4.03. The fourth-order valence-corrected chi connectivity index (χ4v) is 4.48. The van der Waals surface area contributed by atoms with Crippen LogP contribution in [0.3, 0.4) is 0 Å². The van der Waals surface area contributed by atoms with Crippen LogP contribution in [0.25, 0.3) is 6.08 Å². The van der Waals surface area contributed by atoms with Gasteiger partial charge in [0.2, 0.25) is 0 Å². The first-order valence-electron chi connectivity index (χ1n) is 7.71. The predicted molar refractivity (Wildman–Crippen MR) is 108 cm³/mol. The van der Waals surface area contributed by atoms with Crippen LogP contribution < -0.4 is 4.74 Å². The molecule has 0 aromatic heterocycles. The maximum Gasteiger partial charge on any atom is 0.293 e. The third-order valence-corrected chi connectivity index (χ3v) is 5.64. The molecule has 2 aromatic rings. The number of imide groups is 1. The number of halogens is 2. The largest absolute Gasteiger partial charge is 0.494 e. The second-order valence-corrected chi connectivity index (χ2v) is 7.81. The lowest BCUT2D eigenvalue weighted by Gasteiger charge is -2.13. The third-order valence-electron chi connectivity index (χ3n) is 3.86. The maximum absolute atomic E-state index is 12.7. The topological polar surface area (TPSA) is 70.4 Å². The number of hydrogen-bond donors (Lipinski definition) is 0. The van der Waals surface area contributed by atoms with Crippen molar-refractivity contribution in [2.75, 3.05) is 7.11 Å². The first-order valence-corrected chi connectivity index (χ1v) is 9.69. The van der Waals surface area contributed by atoms with Gasteiger partial charge in [-0.05, 0) is 63.1 Å². The van der Waals surface area contributed by atoms with Gasteiger partial charge >= 0.3 is 0 Å². The lowest BCUT2D eigenvalue weighted by atomic mass is 10.1. The molecule has 3 rings (SSSR count). The Morgan fingerprint density at radius 2 is 2.07 bits per heavy atom. The smallest absolute Gasteiger partial charge is 0.293 e. The molecule has 0 spiro atoms. The first-order chi connectivity index (χ1) is 12.9. The van der Waals surface area contributed by atoms with Crippen LogP contribution in [0.4, 0.5) is 4.79 Å². The van der Waals surface area contributed by atoms with E-state index in [-0.39, 0.29) is 11.8 Å². The van der Waals surface area contributed by atoms with Crippen LogP contribution in [0.15, 0.2) is 45.8 Å². The van der Waals surface area contributed by atoms with Gasteiger partial charge in [0.25, 0.3) is 11.1 Å². The summed E-state index contributed by atoms with van der Waals surface area (Å²) >= 11 is 10.4. The standard InChI is InChI=1S/C19H12BrClN2O3S/c1-26-17-14(20)6-11(7-15(17)21)8-16-18(24)23(19(25)27-16)10-13-5-3-2-4-12(13)9-22/h2-8H,10H2,1H3/b16-8+. The van der Waals surface area contributed by atoms with Gasteiger partial charge in [-0.25, -0.2) is 0 Å². The van der Waals surface area contributed by atoms with Gasteiger partial charge in [-0.3, -0.25) is 14.5 Å². The number of methoxy groups -OCH3 is 1. The van der Waals surface area contributed by atoms with Crippen molar-refractivity contribution in [3.63, 3.8) is 0 Å². The molecule has 8 heteroatoms. The molecule has 2 aromatic carbocycles. The summed E-state index contributed by atoms with van der Waals surface area (Å²) < 4.78 is 5.83. The highest BCUT2D eigenvalue weighted by Crippen LogP contribution is 2.37. The molecule has 27 heavy (non-hydrogen) atoms. The van der Waals surface area contributed by atoms with Crippen LogP contribution >= 0.6 is 39.3 Å². The Morgan fingerprint density at radius 3 is 2.74 bits per heavy atom. The van der Waals surface area contributed by atoms with Crippen LogP contribution in [0.5, 0.6) is 5.75 Å². The minimum Gasteiger partial charge on any atom is -0.494 e. The Kier molecular flexibility index (Phi) is 5.90. The van der Waals surface area contributed by atoms with E-state index in [9.17, 15) is 14.9 Å². The highest BCUT2D eigenvalue weighted by atomic mass is 79.9. The fourth-order valence-electron chi connectivity index (χ4n) is 2.58. The van der Waals surface area contributed by atoms with E-state index in [1.54, 1.807) is 42.5 Å². The van der Waals surface area contributed by atoms with Gasteiger partial charge < -0.3 is 4.74 Å². The lowest BCUT2D eigenvalue weighted by Crippen LogP contribution is -2.27. The second-order valence-electron chi connectivity index (χ2n) is 5.55. The Hall–Kier alpha value is -2.27. The van der Waals surface area contributed by atoms with Crippen molar-refractivity contribution in [2.24, 2.45) is 0 Å². The van der Waals surface area contributed by atoms with Crippen LogP contribution in [-0.4, -0.2) is 23.2 Å². The number of hydrogen-bond acceptors (Lipinski definition) is 5. The van der Waals surface area contributed by atoms with E-state index in [0.717, 1.165) is 16.7 Å². The van der Waals surface area contributed by atoms with Gasteiger partial charge in [0.1, 0.15) is 0 Å². The highest BCUT2D eigenvalue weighted by Gasteiger charge is 2.35. The number of ether oxygens (including phenoxy) is 1. The molecule has 0 N–H and O–H groups in total. The van der Waals surface area contributed by atoms with Crippen molar-refractivity contribution in [1.29, 1.82) is 5.26 Å². The van der Waals surface area contributed by atoms with Gasteiger partial charge in [-0.2, -0.15) is 5.26 Å². The van der Waals surface area contributed by atoms with Crippen LogP contribution in [0.2, 0.25) is 5.02 Å².